The van der Waals surface area contributed by atoms with Gasteiger partial charge >= 0.3 is 0 Å². The molecule has 1 fully saturated rings. The molecule has 0 bridgehead atoms. The van der Waals surface area contributed by atoms with Gasteiger partial charge in [-0.25, -0.2) is 9.97 Å². The molecule has 8 heteroatoms. The van der Waals surface area contributed by atoms with Crippen molar-refractivity contribution in [2.45, 2.75) is 44.2 Å². The van der Waals surface area contributed by atoms with E-state index in [4.69, 9.17) is 42.1 Å². The predicted octanol–water partition coefficient (Wildman–Crippen LogP) is 7.76. The maximum absolute atomic E-state index is 6.71. The Morgan fingerprint density at radius 1 is 0.643 bits per heavy atom. The molecular weight excluding hydrogens is 571 g/mol. The predicted molar refractivity (Wildman–Crippen MR) is 163 cm³/mol. The van der Waals surface area contributed by atoms with Crippen LogP contribution in [0.4, 0.5) is 0 Å². The summed E-state index contributed by atoms with van der Waals surface area (Å²) in [5.41, 5.74) is 4.73. The molecule has 0 aliphatic carbocycles. The summed E-state index contributed by atoms with van der Waals surface area (Å²) in [5, 5.41) is 1.10. The maximum atomic E-state index is 6.71. The van der Waals surface area contributed by atoms with E-state index in [9.17, 15) is 0 Å². The Morgan fingerprint density at radius 3 is 1.83 bits per heavy atom. The number of rotatable bonds is 11. The van der Waals surface area contributed by atoms with Crippen LogP contribution in [0, 0.1) is 0 Å². The van der Waals surface area contributed by atoms with E-state index in [0.717, 1.165) is 22.3 Å². The highest BCUT2D eigenvalue weighted by atomic mass is 35.5. The van der Waals surface area contributed by atoms with Gasteiger partial charge in [0.1, 0.15) is 29.6 Å². The third kappa shape index (κ3) is 6.98. The summed E-state index contributed by atoms with van der Waals surface area (Å²) in [6.07, 6.45) is -1.65. The Balaban J connectivity index is 1.30. The van der Waals surface area contributed by atoms with E-state index in [1.807, 2.05) is 109 Å². The maximum Gasteiger partial charge on any atom is 0.224 e. The molecule has 0 saturated carbocycles. The van der Waals surface area contributed by atoms with Crippen LogP contribution in [0.5, 0.6) is 0 Å². The van der Waals surface area contributed by atoms with Gasteiger partial charge in [-0.15, -0.1) is 0 Å². The van der Waals surface area contributed by atoms with Gasteiger partial charge in [0, 0.05) is 5.39 Å². The number of nitrogens with zero attached hydrogens (tertiary/aromatic N) is 2. The average molecular weight is 602 g/mol. The summed E-state index contributed by atoms with van der Waals surface area (Å²) in [5.74, 6) is 0. The van der Waals surface area contributed by atoms with Crippen LogP contribution < -0.4 is 0 Å². The fraction of sp³-hybridized carbons (Fsp3) is 0.235. The van der Waals surface area contributed by atoms with Crippen LogP contribution in [0.3, 0.4) is 0 Å². The first-order chi connectivity index (χ1) is 20.6. The van der Waals surface area contributed by atoms with Gasteiger partial charge < -0.3 is 18.9 Å². The van der Waals surface area contributed by atoms with E-state index in [2.05, 4.69) is 9.97 Å². The number of fused-ring (bicyclic) bond motifs is 1. The summed E-state index contributed by atoms with van der Waals surface area (Å²) >= 11 is 12.5. The van der Waals surface area contributed by atoms with Crippen LogP contribution in [0.25, 0.3) is 10.9 Å². The van der Waals surface area contributed by atoms with E-state index in [1.165, 1.54) is 0 Å². The zero-order valence-electron chi connectivity index (χ0n) is 22.8. The van der Waals surface area contributed by atoms with Crippen LogP contribution in [0.1, 0.15) is 28.4 Å². The molecule has 0 amide bonds. The summed E-state index contributed by atoms with van der Waals surface area (Å²) < 4.78 is 26.1. The third-order valence-electron chi connectivity index (χ3n) is 7.25. The Labute approximate surface area is 255 Å². The van der Waals surface area contributed by atoms with Gasteiger partial charge in [-0.2, -0.15) is 0 Å². The van der Waals surface area contributed by atoms with E-state index in [1.54, 1.807) is 0 Å². The molecule has 1 saturated heterocycles. The third-order valence-corrected chi connectivity index (χ3v) is 7.71. The summed E-state index contributed by atoms with van der Waals surface area (Å²) in [4.78, 5) is 8.47. The van der Waals surface area contributed by atoms with Crippen molar-refractivity contribution < 1.29 is 18.9 Å². The van der Waals surface area contributed by atoms with Gasteiger partial charge in [-0.3, -0.25) is 0 Å². The first kappa shape index (κ1) is 28.7. The minimum Gasteiger partial charge on any atom is -0.374 e. The molecule has 42 heavy (non-hydrogen) atoms. The van der Waals surface area contributed by atoms with Crippen molar-refractivity contribution in [3.8, 4) is 0 Å². The normalized spacial score (nSPS) is 20.2. The van der Waals surface area contributed by atoms with Crippen LogP contribution >= 0.6 is 23.2 Å². The lowest BCUT2D eigenvalue weighted by Crippen LogP contribution is -2.37. The molecule has 0 radical (unpaired) electrons. The molecule has 2 heterocycles. The summed E-state index contributed by atoms with van der Waals surface area (Å²) in [6, 6.07) is 36.0. The van der Waals surface area contributed by atoms with Gasteiger partial charge in [-0.1, -0.05) is 109 Å². The fourth-order valence-electron chi connectivity index (χ4n) is 5.17. The second-order valence-electron chi connectivity index (χ2n) is 10.2. The average Bonchev–Trinajstić information content (AvgIpc) is 3.37. The number of hydrogen-bond donors (Lipinski definition) is 0. The number of benzene rings is 4. The van der Waals surface area contributed by atoms with Gasteiger partial charge in [0.05, 0.1) is 31.9 Å². The first-order valence-corrected chi connectivity index (χ1v) is 14.6. The molecule has 6 nitrogen and oxygen atoms in total. The van der Waals surface area contributed by atoms with Crippen LogP contribution in [-0.2, 0) is 38.8 Å². The topological polar surface area (TPSA) is 62.7 Å². The van der Waals surface area contributed by atoms with Crippen molar-refractivity contribution in [2.24, 2.45) is 0 Å². The number of hydrogen-bond acceptors (Lipinski definition) is 6. The fourth-order valence-corrected chi connectivity index (χ4v) is 5.63. The SMILES string of the molecule is Clc1nc(Cl)c2ccc(C3O[C@H](COCc4ccccc4)[C@@H](OCc4ccccc4)[C@H]3OCc3ccccc3)cc2n1. The lowest BCUT2D eigenvalue weighted by atomic mass is 9.99. The molecule has 1 aromatic heterocycles. The molecular formula is C34H30Cl2N2O4. The summed E-state index contributed by atoms with van der Waals surface area (Å²) in [6.45, 7) is 1.62. The van der Waals surface area contributed by atoms with Crippen molar-refractivity contribution in [1.82, 2.24) is 9.97 Å². The second-order valence-corrected chi connectivity index (χ2v) is 10.9. The van der Waals surface area contributed by atoms with Crippen molar-refractivity contribution in [3.05, 3.63) is 142 Å². The van der Waals surface area contributed by atoms with Crippen LogP contribution in [0.15, 0.2) is 109 Å². The Hall–Kier alpha value is -3.36. The van der Waals surface area contributed by atoms with E-state index < -0.39 is 18.3 Å². The Kier molecular flexibility index (Phi) is 9.41. The van der Waals surface area contributed by atoms with Gasteiger partial charge in [0.2, 0.25) is 5.28 Å². The van der Waals surface area contributed by atoms with Crippen molar-refractivity contribution >= 4 is 34.1 Å². The molecule has 1 aliphatic rings. The second kappa shape index (κ2) is 13.7. The minimum atomic E-state index is -0.447. The number of halogens is 2. The van der Waals surface area contributed by atoms with Gasteiger partial charge in [0.25, 0.3) is 0 Å². The van der Waals surface area contributed by atoms with E-state index in [0.29, 0.717) is 42.5 Å². The Morgan fingerprint density at radius 2 is 1.21 bits per heavy atom. The smallest absolute Gasteiger partial charge is 0.224 e. The summed E-state index contributed by atoms with van der Waals surface area (Å²) in [7, 11) is 0. The van der Waals surface area contributed by atoms with Crippen LogP contribution in [-0.4, -0.2) is 34.9 Å². The van der Waals surface area contributed by atoms with Crippen molar-refractivity contribution in [1.29, 1.82) is 0 Å². The Bertz CT molecular complexity index is 1590. The molecule has 1 aliphatic heterocycles. The minimum absolute atomic E-state index is 0.0881. The van der Waals surface area contributed by atoms with E-state index in [-0.39, 0.29) is 11.4 Å². The molecule has 214 valence electrons. The highest BCUT2D eigenvalue weighted by Crippen LogP contribution is 2.39. The number of ether oxygens (including phenoxy) is 4. The molecule has 0 spiro atoms. The highest BCUT2D eigenvalue weighted by molar-refractivity contribution is 6.35. The quantitative estimate of drug-likeness (QED) is 0.114. The lowest BCUT2D eigenvalue weighted by molar-refractivity contribution is -0.0898. The zero-order valence-corrected chi connectivity index (χ0v) is 24.3. The van der Waals surface area contributed by atoms with E-state index >= 15 is 0 Å². The van der Waals surface area contributed by atoms with Gasteiger partial charge in [-0.05, 0) is 46.0 Å². The van der Waals surface area contributed by atoms with Crippen LogP contribution in [0.2, 0.25) is 10.4 Å². The highest BCUT2D eigenvalue weighted by Gasteiger charge is 2.47. The molecule has 1 unspecified atom stereocenters. The monoisotopic (exact) mass is 600 g/mol. The zero-order chi connectivity index (χ0) is 28.7. The molecule has 6 rings (SSSR count). The van der Waals surface area contributed by atoms with Crippen molar-refractivity contribution in [2.75, 3.05) is 6.61 Å². The van der Waals surface area contributed by atoms with Crippen molar-refractivity contribution in [3.63, 3.8) is 0 Å². The number of aromatic nitrogens is 2. The molecule has 4 atom stereocenters. The lowest BCUT2D eigenvalue weighted by Gasteiger charge is -2.25. The largest absolute Gasteiger partial charge is 0.374 e. The molecule has 4 aromatic carbocycles. The molecule has 5 aromatic rings. The standard InChI is InChI=1S/C34H30Cl2N2O4/c35-33-27-17-16-26(18-28(27)37-34(36)38-33)30-32(41-21-25-14-8-3-9-15-25)31(40-20-24-12-6-2-7-13-24)29(42-30)22-39-19-23-10-4-1-5-11-23/h1-18,29-32H,19-22H2/t29-,30?,31-,32+/m1/s1. The molecule has 0 N–H and O–H groups in total. The first-order valence-electron chi connectivity index (χ1n) is 13.8. The van der Waals surface area contributed by atoms with Gasteiger partial charge in [0.15, 0.2) is 0 Å².